The number of ether oxygens (including phenoxy) is 1. The van der Waals surface area contributed by atoms with E-state index in [0.717, 1.165) is 22.0 Å². The first-order chi connectivity index (χ1) is 17.0. The maximum absolute atomic E-state index is 13.8. The van der Waals surface area contributed by atoms with Crippen molar-refractivity contribution >= 4 is 40.6 Å². The number of aromatic nitrogens is 3. The molecule has 1 aliphatic rings. The third-order valence-corrected chi connectivity index (χ3v) is 6.82. The van der Waals surface area contributed by atoms with Crippen LogP contribution >= 0.6 is 11.8 Å². The lowest BCUT2D eigenvalue weighted by atomic mass is 10.0. The van der Waals surface area contributed by atoms with Crippen molar-refractivity contribution in [2.75, 3.05) is 6.61 Å². The van der Waals surface area contributed by atoms with E-state index in [1.54, 1.807) is 13.8 Å². The standard InChI is InChI=1S/C28H24N3O3S/c1-4-15-30-17-20(21-13-9-10-14-22(21)30)16-23-26(32)31-25(19-11-7-6-8-12-19)24(27(33)34-5-2)18(3)29-28(31)35-23/h4,6-14,16-17H,1,5,15H2,2-3H3/q+1/b23-16-. The minimum Gasteiger partial charge on any atom is -0.462 e. The maximum Gasteiger partial charge on any atom is 0.372 e. The van der Waals surface area contributed by atoms with E-state index in [9.17, 15) is 9.59 Å². The van der Waals surface area contributed by atoms with Crippen LogP contribution in [0.25, 0.3) is 28.2 Å². The summed E-state index contributed by atoms with van der Waals surface area (Å²) in [5.74, 6) is -0.711. The molecule has 3 heterocycles. The number of rotatable bonds is 6. The number of carbonyl (C=O) groups excluding carboxylic acids is 2. The van der Waals surface area contributed by atoms with Crippen LogP contribution in [-0.4, -0.2) is 28.0 Å². The summed E-state index contributed by atoms with van der Waals surface area (Å²) in [5.41, 5.74) is 4.10. The Morgan fingerprint density at radius 3 is 2.66 bits per heavy atom. The summed E-state index contributed by atoms with van der Waals surface area (Å²) in [6.45, 7) is 8.29. The van der Waals surface area contributed by atoms with Crippen LogP contribution < -0.4 is 4.57 Å². The van der Waals surface area contributed by atoms with Gasteiger partial charge in [-0.25, -0.2) is 9.59 Å². The number of benzene rings is 2. The summed E-state index contributed by atoms with van der Waals surface area (Å²) >= 11 is 1.31. The fourth-order valence-electron chi connectivity index (χ4n) is 4.37. The third kappa shape index (κ3) is 3.98. The zero-order valence-corrected chi connectivity index (χ0v) is 20.3. The first-order valence-corrected chi connectivity index (χ1v) is 12.2. The first-order valence-electron chi connectivity index (χ1n) is 11.4. The van der Waals surface area contributed by atoms with E-state index < -0.39 is 5.97 Å². The molecule has 0 bridgehead atoms. The topological polar surface area (TPSA) is 65.1 Å². The summed E-state index contributed by atoms with van der Waals surface area (Å²) in [6, 6.07) is 17.5. The summed E-state index contributed by atoms with van der Waals surface area (Å²) in [6.07, 6.45) is 5.78. The molecule has 0 atom stereocenters. The molecule has 174 valence electrons. The van der Waals surface area contributed by atoms with Crippen molar-refractivity contribution in [3.63, 3.8) is 0 Å². The highest BCUT2D eigenvalue weighted by molar-refractivity contribution is 8.04. The van der Waals surface area contributed by atoms with Crippen molar-refractivity contribution < 1.29 is 18.9 Å². The van der Waals surface area contributed by atoms with E-state index in [4.69, 9.17) is 4.74 Å². The minimum atomic E-state index is -0.491. The Bertz CT molecular complexity index is 1520. The van der Waals surface area contributed by atoms with Crippen molar-refractivity contribution in [2.45, 2.75) is 25.5 Å². The van der Waals surface area contributed by atoms with Gasteiger partial charge in [0, 0.05) is 53.5 Å². The molecule has 0 saturated heterocycles. The van der Waals surface area contributed by atoms with Gasteiger partial charge in [-0.1, -0.05) is 54.6 Å². The Hall–Kier alpha value is -3.97. The summed E-state index contributed by atoms with van der Waals surface area (Å²) in [5, 5.41) is 1.58. The molecular weight excluding hydrogens is 458 g/mol. The van der Waals surface area contributed by atoms with Crippen LogP contribution in [0.1, 0.15) is 33.3 Å². The van der Waals surface area contributed by atoms with Gasteiger partial charge in [0.15, 0.2) is 17.0 Å². The van der Waals surface area contributed by atoms with E-state index in [2.05, 4.69) is 22.2 Å². The fourth-order valence-corrected chi connectivity index (χ4v) is 5.38. The lowest BCUT2D eigenvalue weighted by Crippen LogP contribution is -2.45. The predicted molar refractivity (Wildman–Crippen MR) is 137 cm³/mol. The van der Waals surface area contributed by atoms with Gasteiger partial charge in [-0.15, -0.1) is 11.1 Å². The van der Waals surface area contributed by atoms with Crippen molar-refractivity contribution in [3.8, 4) is 11.3 Å². The Balaban J connectivity index is 1.68. The van der Waals surface area contributed by atoms with Gasteiger partial charge >= 0.3 is 17.0 Å². The van der Waals surface area contributed by atoms with Crippen LogP contribution in [0.4, 0.5) is 0 Å². The number of carbonyl (C=O) groups is 2. The highest BCUT2D eigenvalue weighted by atomic mass is 32.2. The van der Waals surface area contributed by atoms with Crippen LogP contribution in [0.3, 0.4) is 0 Å². The van der Waals surface area contributed by atoms with Crippen LogP contribution in [0.15, 0.2) is 83.5 Å². The van der Waals surface area contributed by atoms with Crippen LogP contribution in [0.5, 0.6) is 0 Å². The fraction of sp³-hybridized carbons (Fsp3) is 0.143. The van der Waals surface area contributed by atoms with Gasteiger partial charge in [0.1, 0.15) is 4.91 Å². The molecule has 5 rings (SSSR count). The molecule has 6 nitrogen and oxygen atoms in total. The van der Waals surface area contributed by atoms with Crippen LogP contribution in [-0.2, 0) is 11.3 Å². The molecule has 0 radical (unpaired) electrons. The normalized spacial score (nSPS) is 13.9. The van der Waals surface area contributed by atoms with E-state index in [0.29, 0.717) is 33.6 Å². The lowest BCUT2D eigenvalue weighted by molar-refractivity contribution is -0.601. The number of esters is 1. The number of thioether (sulfide) groups is 1. The smallest absolute Gasteiger partial charge is 0.372 e. The Morgan fingerprint density at radius 2 is 1.91 bits per heavy atom. The monoisotopic (exact) mass is 482 g/mol. The SMILES string of the molecule is C=CCn1cc(/C=C2\Sc3nc(C)c(C(=O)OCC)c(-c4ccccc4)[n+]3C2=O)c2ccccc21. The van der Waals surface area contributed by atoms with Gasteiger partial charge in [-0.2, -0.15) is 0 Å². The van der Waals surface area contributed by atoms with Crippen molar-refractivity contribution in [3.05, 3.63) is 95.2 Å². The third-order valence-electron chi connectivity index (χ3n) is 5.85. The number of hydrogen-bond donors (Lipinski definition) is 0. The number of fused-ring (bicyclic) bond motifs is 2. The molecule has 0 unspecified atom stereocenters. The summed E-state index contributed by atoms with van der Waals surface area (Å²) < 4.78 is 8.97. The quantitative estimate of drug-likeness (QED) is 0.120. The molecule has 35 heavy (non-hydrogen) atoms. The average Bonchev–Trinajstić information content (AvgIpc) is 3.36. The Labute approximate surface area is 207 Å². The highest BCUT2D eigenvalue weighted by Gasteiger charge is 2.42. The molecular formula is C28H24N3O3S+. The summed E-state index contributed by atoms with van der Waals surface area (Å²) in [4.78, 5) is 31.9. The highest BCUT2D eigenvalue weighted by Crippen LogP contribution is 2.36. The zero-order valence-electron chi connectivity index (χ0n) is 19.5. The zero-order chi connectivity index (χ0) is 24.5. The molecule has 7 heteroatoms. The van der Waals surface area contributed by atoms with E-state index in [1.165, 1.54) is 16.3 Å². The second kappa shape index (κ2) is 9.35. The van der Waals surface area contributed by atoms with E-state index in [-0.39, 0.29) is 12.5 Å². The van der Waals surface area contributed by atoms with Gasteiger partial charge in [0.2, 0.25) is 0 Å². The van der Waals surface area contributed by atoms with E-state index >= 15 is 0 Å². The largest absolute Gasteiger partial charge is 0.462 e. The van der Waals surface area contributed by atoms with Gasteiger partial charge in [0.05, 0.1) is 6.61 Å². The number of hydrogen-bond acceptors (Lipinski definition) is 5. The molecule has 0 saturated carbocycles. The molecule has 4 aromatic rings. The van der Waals surface area contributed by atoms with Crippen LogP contribution in [0, 0.1) is 6.92 Å². The molecule has 0 amide bonds. The van der Waals surface area contributed by atoms with Gasteiger partial charge in [-0.05, 0) is 24.1 Å². The molecule has 1 aliphatic heterocycles. The molecule has 0 aliphatic carbocycles. The van der Waals surface area contributed by atoms with Gasteiger partial charge < -0.3 is 9.30 Å². The molecule has 0 fully saturated rings. The number of aryl methyl sites for hydroxylation is 1. The second-order valence-corrected chi connectivity index (χ2v) is 9.09. The number of para-hydroxylation sites is 1. The van der Waals surface area contributed by atoms with Crippen molar-refractivity contribution in [2.24, 2.45) is 0 Å². The number of allylic oxidation sites excluding steroid dienone is 2. The molecule has 0 spiro atoms. The summed E-state index contributed by atoms with van der Waals surface area (Å²) in [7, 11) is 0. The lowest BCUT2D eigenvalue weighted by Gasteiger charge is -2.10. The van der Waals surface area contributed by atoms with Gasteiger partial charge in [0.25, 0.3) is 0 Å². The minimum absolute atomic E-state index is 0.220. The van der Waals surface area contributed by atoms with Gasteiger partial charge in [-0.3, -0.25) is 0 Å². The maximum atomic E-state index is 13.8. The second-order valence-electron chi connectivity index (χ2n) is 8.08. The van der Waals surface area contributed by atoms with Crippen molar-refractivity contribution in [1.29, 1.82) is 0 Å². The molecule has 2 aromatic heterocycles. The molecule has 2 aromatic carbocycles. The first kappa shape index (κ1) is 22.8. The average molecular weight is 483 g/mol. The Kier molecular flexibility index (Phi) is 6.09. The Morgan fingerprint density at radius 1 is 1.17 bits per heavy atom. The number of nitrogens with zero attached hydrogens (tertiary/aromatic N) is 3. The van der Waals surface area contributed by atoms with Crippen LogP contribution in [0.2, 0.25) is 0 Å². The van der Waals surface area contributed by atoms with Crippen molar-refractivity contribution in [1.82, 2.24) is 9.55 Å². The predicted octanol–water partition coefficient (Wildman–Crippen LogP) is 5.45. The van der Waals surface area contributed by atoms with E-state index in [1.807, 2.05) is 66.9 Å². The molecule has 0 N–H and O–H groups in total.